The van der Waals surface area contributed by atoms with Crippen LogP contribution in [0.1, 0.15) is 120 Å². The quantitative estimate of drug-likeness (QED) is 0.237. The maximum atomic E-state index is 12.0. The molecule has 2 unspecified atom stereocenters. The summed E-state index contributed by atoms with van der Waals surface area (Å²) in [4.78, 5) is 91.5. The molecule has 0 aliphatic heterocycles. The molecular weight excluding hydrogens is 592 g/mol. The second-order valence-corrected chi connectivity index (χ2v) is 12.7. The van der Waals surface area contributed by atoms with Crippen molar-refractivity contribution in [1.29, 1.82) is 0 Å². The third-order valence-corrected chi connectivity index (χ3v) is 7.06. The molecule has 2 fully saturated rings. The molecule has 0 aromatic rings. The van der Waals surface area contributed by atoms with Crippen LogP contribution in [-0.4, -0.2) is 70.9 Å². The van der Waals surface area contributed by atoms with E-state index in [9.17, 15) is 24.0 Å². The van der Waals surface area contributed by atoms with Crippen LogP contribution < -0.4 is 10.6 Å². The van der Waals surface area contributed by atoms with E-state index in [1.165, 1.54) is 0 Å². The lowest BCUT2D eigenvalue weighted by atomic mass is 9.73. The van der Waals surface area contributed by atoms with Crippen LogP contribution in [0, 0.1) is 5.92 Å². The van der Waals surface area contributed by atoms with E-state index in [1.54, 1.807) is 27.7 Å². The first kappa shape index (κ1) is 43.2. The van der Waals surface area contributed by atoms with Gasteiger partial charge in [-0.3, -0.25) is 14.4 Å². The van der Waals surface area contributed by atoms with Gasteiger partial charge < -0.3 is 24.8 Å². The van der Waals surface area contributed by atoms with Gasteiger partial charge in [0.1, 0.15) is 28.7 Å². The number of alkyl carbamates (subject to hydrolysis) is 2. The molecule has 2 aliphatic carbocycles. The van der Waals surface area contributed by atoms with E-state index in [-0.39, 0.29) is 49.2 Å². The van der Waals surface area contributed by atoms with E-state index in [2.05, 4.69) is 10.6 Å². The second-order valence-electron chi connectivity index (χ2n) is 12.7. The number of ketones is 2. The van der Waals surface area contributed by atoms with Gasteiger partial charge in [0.25, 0.3) is 0 Å². The molecule has 45 heavy (non-hydrogen) atoms. The van der Waals surface area contributed by atoms with E-state index >= 15 is 0 Å². The van der Waals surface area contributed by atoms with Gasteiger partial charge in [0, 0.05) is 30.3 Å². The van der Waals surface area contributed by atoms with Gasteiger partial charge in [-0.1, -0.05) is 13.8 Å². The Bertz CT molecular complexity index is 1040. The van der Waals surface area contributed by atoms with Gasteiger partial charge in [-0.2, -0.15) is 19.2 Å². The molecule has 0 heterocycles. The highest BCUT2D eigenvalue weighted by Crippen LogP contribution is 2.34. The number of Topliss-reactive ketones (excluding diaryl/α,β-unsaturated/α-hetero) is 2. The zero-order chi connectivity index (χ0) is 35.5. The van der Waals surface area contributed by atoms with Gasteiger partial charge in [-0.15, -0.1) is 0 Å². The molecule has 14 nitrogen and oxygen atoms in total. The lowest BCUT2D eigenvalue weighted by Crippen LogP contribution is -2.55. The summed E-state index contributed by atoms with van der Waals surface area (Å²) < 4.78 is 15.5. The molecule has 2 amide bonds. The van der Waals surface area contributed by atoms with Crippen LogP contribution in [0.3, 0.4) is 0 Å². The highest BCUT2D eigenvalue weighted by molar-refractivity contribution is 6.00. The van der Waals surface area contributed by atoms with Crippen molar-refractivity contribution < 1.29 is 57.4 Å². The van der Waals surface area contributed by atoms with Crippen molar-refractivity contribution in [3.8, 4) is 0 Å². The van der Waals surface area contributed by atoms with Crippen molar-refractivity contribution >= 4 is 42.0 Å². The maximum absolute atomic E-state index is 12.0. The molecular formula is C31H50N2O12. The molecule has 14 heteroatoms. The van der Waals surface area contributed by atoms with Crippen molar-refractivity contribution in [2.24, 2.45) is 5.92 Å². The number of rotatable bonds is 6. The number of hydrogen-bond acceptors (Lipinski definition) is 12. The number of ether oxygens (including phenoxy) is 3. The SMILES string of the molecule is CCC1(NC(=O)OC(C)(C)C)CCC(=O)CC1.CCOC(=O)C1CC(CC)(NC(=O)OC(C)(C)C)CCC1=O.O=C=O.O=C=O. The Balaban J connectivity index is 0. The zero-order valence-electron chi connectivity index (χ0n) is 28.0. The number of carbonyl (C=O) groups excluding carboxylic acids is 9. The second kappa shape index (κ2) is 20.2. The van der Waals surface area contributed by atoms with E-state index in [0.717, 1.165) is 19.3 Å². The van der Waals surface area contributed by atoms with Gasteiger partial charge >= 0.3 is 30.5 Å². The van der Waals surface area contributed by atoms with E-state index in [0.29, 0.717) is 31.5 Å². The van der Waals surface area contributed by atoms with Crippen molar-refractivity contribution in [3.63, 3.8) is 0 Å². The highest BCUT2D eigenvalue weighted by Gasteiger charge is 2.44. The molecule has 0 radical (unpaired) electrons. The zero-order valence-corrected chi connectivity index (χ0v) is 28.0. The minimum absolute atomic E-state index is 0.117. The van der Waals surface area contributed by atoms with Crippen LogP contribution in [0.4, 0.5) is 9.59 Å². The van der Waals surface area contributed by atoms with Gasteiger partial charge in [-0.25, -0.2) is 9.59 Å². The Labute approximate surface area is 265 Å². The number of hydrogen-bond donors (Lipinski definition) is 2. The smallest absolute Gasteiger partial charge is 0.408 e. The van der Waals surface area contributed by atoms with Crippen molar-refractivity contribution in [2.75, 3.05) is 6.61 Å². The lowest BCUT2D eigenvalue weighted by molar-refractivity contribution is -0.193. The Morgan fingerprint density at radius 2 is 1.11 bits per heavy atom. The van der Waals surface area contributed by atoms with Crippen LogP contribution in [-0.2, 0) is 47.8 Å². The standard InChI is InChI=1S/C16H27NO5.C13H23NO3.2CO2/c1-6-16(17-14(20)22-15(3,4)5)9-8-12(18)11(10-16)13(19)21-7-2;1-5-13(8-6-10(15)7-9-13)14-11(16)17-12(2,3)4;2*2-1-3/h11H,6-10H2,1-5H3,(H,17,20);5-9H2,1-4H3,(H,14,16);;. The third-order valence-electron chi connectivity index (χ3n) is 7.06. The average Bonchev–Trinajstić information content (AvgIpc) is 2.90. The highest BCUT2D eigenvalue weighted by atomic mass is 16.6. The Morgan fingerprint density at radius 3 is 1.47 bits per heavy atom. The van der Waals surface area contributed by atoms with Crippen LogP contribution in [0.2, 0.25) is 0 Å². The van der Waals surface area contributed by atoms with E-state index in [4.69, 9.17) is 33.4 Å². The predicted molar refractivity (Wildman–Crippen MR) is 157 cm³/mol. The molecule has 0 aromatic carbocycles. The molecule has 0 saturated heterocycles. The molecule has 0 spiro atoms. The van der Waals surface area contributed by atoms with Gasteiger partial charge in [0.15, 0.2) is 0 Å². The van der Waals surface area contributed by atoms with Crippen molar-refractivity contribution in [3.05, 3.63) is 0 Å². The summed E-state index contributed by atoms with van der Waals surface area (Å²) in [7, 11) is 0. The van der Waals surface area contributed by atoms with Crippen LogP contribution in [0.5, 0.6) is 0 Å². The molecule has 256 valence electrons. The summed E-state index contributed by atoms with van der Waals surface area (Å²) >= 11 is 0. The molecule has 0 aromatic heterocycles. The molecule has 2 aliphatic rings. The summed E-state index contributed by atoms with van der Waals surface area (Å²) in [6.07, 6.45) is 4.65. The normalized spacial score (nSPS) is 20.3. The topological polar surface area (TPSA) is 205 Å². The maximum Gasteiger partial charge on any atom is 0.408 e. The summed E-state index contributed by atoms with van der Waals surface area (Å²) in [6, 6.07) is 0. The summed E-state index contributed by atoms with van der Waals surface area (Å²) in [5, 5.41) is 5.81. The molecule has 2 atom stereocenters. The average molecular weight is 643 g/mol. The predicted octanol–water partition coefficient (Wildman–Crippen LogP) is 4.23. The fourth-order valence-electron chi connectivity index (χ4n) is 4.74. The Morgan fingerprint density at radius 1 is 0.733 bits per heavy atom. The number of carbonyl (C=O) groups is 5. The van der Waals surface area contributed by atoms with E-state index in [1.807, 2.05) is 34.6 Å². The first-order valence-corrected chi connectivity index (χ1v) is 14.9. The Kier molecular flexibility index (Phi) is 19.4. The molecule has 2 rings (SSSR count). The molecule has 2 saturated carbocycles. The largest absolute Gasteiger partial charge is 0.465 e. The fourth-order valence-corrected chi connectivity index (χ4v) is 4.74. The number of esters is 1. The van der Waals surface area contributed by atoms with Crippen LogP contribution in [0.25, 0.3) is 0 Å². The lowest BCUT2D eigenvalue weighted by Gasteiger charge is -2.39. The number of amides is 2. The molecule has 2 N–H and O–H groups in total. The van der Waals surface area contributed by atoms with Gasteiger partial charge in [-0.05, 0) is 87.0 Å². The Hall–Kier alpha value is -3.89. The number of nitrogens with one attached hydrogen (secondary N) is 2. The monoisotopic (exact) mass is 642 g/mol. The first-order chi connectivity index (χ1) is 20.7. The third kappa shape index (κ3) is 18.5. The minimum atomic E-state index is -0.802. The van der Waals surface area contributed by atoms with Crippen LogP contribution >= 0.6 is 0 Å². The molecule has 0 bridgehead atoms. The summed E-state index contributed by atoms with van der Waals surface area (Å²) in [5.41, 5.74) is -1.93. The summed E-state index contributed by atoms with van der Waals surface area (Å²) in [5.74, 6) is -1.13. The van der Waals surface area contributed by atoms with Gasteiger partial charge in [0.2, 0.25) is 0 Å². The van der Waals surface area contributed by atoms with E-state index < -0.39 is 34.7 Å². The van der Waals surface area contributed by atoms with Crippen molar-refractivity contribution in [2.45, 2.75) is 142 Å². The first-order valence-electron chi connectivity index (χ1n) is 14.9. The summed E-state index contributed by atoms with van der Waals surface area (Å²) in [6.45, 7) is 16.8. The van der Waals surface area contributed by atoms with Gasteiger partial charge in [0.05, 0.1) is 6.61 Å². The fraction of sp³-hybridized carbons (Fsp3) is 0.774. The minimum Gasteiger partial charge on any atom is -0.465 e. The van der Waals surface area contributed by atoms with Crippen molar-refractivity contribution in [1.82, 2.24) is 10.6 Å². The van der Waals surface area contributed by atoms with Crippen LogP contribution in [0.15, 0.2) is 0 Å².